The molecule has 0 aromatic carbocycles. The average molecular weight is 250 g/mol. The Morgan fingerprint density at radius 3 is 3.00 bits per heavy atom. The fourth-order valence-corrected chi connectivity index (χ4v) is 2.62. The molecule has 0 bridgehead atoms. The van der Waals surface area contributed by atoms with Crippen molar-refractivity contribution >= 4 is 17.4 Å². The van der Waals surface area contributed by atoms with Gasteiger partial charge in [-0.15, -0.1) is 10.2 Å². The summed E-state index contributed by atoms with van der Waals surface area (Å²) >= 11 is 1.67. The number of fused-ring (bicyclic) bond motifs is 1. The zero-order valence-electron chi connectivity index (χ0n) is 10.2. The van der Waals surface area contributed by atoms with Gasteiger partial charge in [-0.1, -0.05) is 38.1 Å². The van der Waals surface area contributed by atoms with Gasteiger partial charge in [-0.05, 0) is 18.1 Å². The standard InChI is InChI=1S/C12H18N4S/c1-3-9(2)10(13)8-17-12-15-14-11-6-4-5-7-16(11)12/h4-7,9-10H,3,8,13H2,1-2H3. The molecule has 5 heteroatoms. The third kappa shape index (κ3) is 2.79. The summed E-state index contributed by atoms with van der Waals surface area (Å²) in [5, 5.41) is 9.20. The van der Waals surface area contributed by atoms with Gasteiger partial charge >= 0.3 is 0 Å². The Kier molecular flexibility index (Phi) is 4.02. The van der Waals surface area contributed by atoms with E-state index >= 15 is 0 Å². The normalized spacial score (nSPS) is 15.0. The van der Waals surface area contributed by atoms with E-state index in [-0.39, 0.29) is 6.04 Å². The quantitative estimate of drug-likeness (QED) is 0.826. The van der Waals surface area contributed by atoms with Gasteiger partial charge in [-0.3, -0.25) is 4.40 Å². The minimum absolute atomic E-state index is 0.209. The highest BCUT2D eigenvalue weighted by molar-refractivity contribution is 7.99. The van der Waals surface area contributed by atoms with Gasteiger partial charge in [0.1, 0.15) is 0 Å². The van der Waals surface area contributed by atoms with E-state index in [9.17, 15) is 0 Å². The summed E-state index contributed by atoms with van der Waals surface area (Å²) in [6.07, 6.45) is 3.09. The highest BCUT2D eigenvalue weighted by atomic mass is 32.2. The number of hydrogen-bond donors (Lipinski definition) is 1. The van der Waals surface area contributed by atoms with Crippen LogP contribution in [-0.4, -0.2) is 26.4 Å². The predicted octanol–water partition coefficient (Wildman–Crippen LogP) is 2.19. The maximum Gasteiger partial charge on any atom is 0.195 e. The minimum atomic E-state index is 0.209. The SMILES string of the molecule is CCC(C)C(N)CSc1nnc2ccccn12. The molecule has 0 radical (unpaired) electrons. The molecule has 2 rings (SSSR count). The minimum Gasteiger partial charge on any atom is -0.327 e. The van der Waals surface area contributed by atoms with E-state index in [0.29, 0.717) is 5.92 Å². The van der Waals surface area contributed by atoms with Crippen LogP contribution in [0.4, 0.5) is 0 Å². The van der Waals surface area contributed by atoms with Crippen molar-refractivity contribution in [1.29, 1.82) is 0 Å². The first kappa shape index (κ1) is 12.4. The van der Waals surface area contributed by atoms with Crippen LogP contribution in [0.5, 0.6) is 0 Å². The lowest BCUT2D eigenvalue weighted by Crippen LogP contribution is -2.30. The summed E-state index contributed by atoms with van der Waals surface area (Å²) in [5.41, 5.74) is 6.99. The molecule has 17 heavy (non-hydrogen) atoms. The van der Waals surface area contributed by atoms with Crippen molar-refractivity contribution in [2.45, 2.75) is 31.5 Å². The van der Waals surface area contributed by atoms with Crippen molar-refractivity contribution in [2.24, 2.45) is 11.7 Å². The Bertz CT molecular complexity index is 482. The van der Waals surface area contributed by atoms with Crippen LogP contribution >= 0.6 is 11.8 Å². The molecule has 4 nitrogen and oxygen atoms in total. The van der Waals surface area contributed by atoms with Crippen LogP contribution in [-0.2, 0) is 0 Å². The summed E-state index contributed by atoms with van der Waals surface area (Å²) < 4.78 is 1.99. The summed E-state index contributed by atoms with van der Waals surface area (Å²) in [4.78, 5) is 0. The molecule has 0 aliphatic rings. The molecule has 2 heterocycles. The number of thioether (sulfide) groups is 1. The van der Waals surface area contributed by atoms with Crippen molar-refractivity contribution in [3.63, 3.8) is 0 Å². The van der Waals surface area contributed by atoms with Gasteiger partial charge in [0, 0.05) is 18.0 Å². The lowest BCUT2D eigenvalue weighted by Gasteiger charge is -2.16. The summed E-state index contributed by atoms with van der Waals surface area (Å²) in [6.45, 7) is 4.36. The van der Waals surface area contributed by atoms with E-state index in [1.165, 1.54) is 0 Å². The van der Waals surface area contributed by atoms with Crippen LogP contribution in [0.3, 0.4) is 0 Å². The summed E-state index contributed by atoms with van der Waals surface area (Å²) in [7, 11) is 0. The Morgan fingerprint density at radius 2 is 2.24 bits per heavy atom. The Hall–Kier alpha value is -1.07. The largest absolute Gasteiger partial charge is 0.327 e. The van der Waals surface area contributed by atoms with Gasteiger partial charge in [0.25, 0.3) is 0 Å². The van der Waals surface area contributed by atoms with Crippen molar-refractivity contribution in [2.75, 3.05) is 5.75 Å². The van der Waals surface area contributed by atoms with Crippen LogP contribution in [0, 0.1) is 5.92 Å². The van der Waals surface area contributed by atoms with Gasteiger partial charge < -0.3 is 5.73 Å². The second kappa shape index (κ2) is 5.51. The fraction of sp³-hybridized carbons (Fsp3) is 0.500. The third-order valence-electron chi connectivity index (χ3n) is 3.06. The van der Waals surface area contributed by atoms with E-state index in [1.54, 1.807) is 11.8 Å². The Labute approximate surface area is 106 Å². The van der Waals surface area contributed by atoms with Crippen molar-refractivity contribution in [1.82, 2.24) is 14.6 Å². The lowest BCUT2D eigenvalue weighted by atomic mass is 10.0. The average Bonchev–Trinajstić information content (AvgIpc) is 2.78. The van der Waals surface area contributed by atoms with Gasteiger partial charge in [0.05, 0.1) is 0 Å². The lowest BCUT2D eigenvalue weighted by molar-refractivity contribution is 0.475. The van der Waals surface area contributed by atoms with E-state index in [2.05, 4.69) is 24.0 Å². The van der Waals surface area contributed by atoms with Gasteiger partial charge in [-0.2, -0.15) is 0 Å². The molecule has 0 spiro atoms. The second-order valence-electron chi connectivity index (χ2n) is 4.27. The van der Waals surface area contributed by atoms with Gasteiger partial charge in [-0.25, -0.2) is 0 Å². The van der Waals surface area contributed by atoms with Gasteiger partial charge in [0.15, 0.2) is 10.8 Å². The summed E-state index contributed by atoms with van der Waals surface area (Å²) in [5.74, 6) is 1.42. The number of pyridine rings is 1. The molecule has 2 N–H and O–H groups in total. The highest BCUT2D eigenvalue weighted by Gasteiger charge is 2.13. The maximum absolute atomic E-state index is 6.11. The molecule has 0 aliphatic heterocycles. The van der Waals surface area contributed by atoms with Crippen LogP contribution in [0.25, 0.3) is 5.65 Å². The number of nitrogens with zero attached hydrogens (tertiary/aromatic N) is 3. The van der Waals surface area contributed by atoms with Crippen molar-refractivity contribution < 1.29 is 0 Å². The molecule has 2 atom stereocenters. The summed E-state index contributed by atoms with van der Waals surface area (Å²) in [6, 6.07) is 6.10. The molecular formula is C12H18N4S. The molecule has 0 saturated carbocycles. The first-order valence-electron chi connectivity index (χ1n) is 5.90. The molecule has 0 saturated heterocycles. The number of aromatic nitrogens is 3. The number of nitrogens with two attached hydrogens (primary N) is 1. The molecular weight excluding hydrogens is 232 g/mol. The molecule has 2 aromatic heterocycles. The zero-order valence-corrected chi connectivity index (χ0v) is 11.0. The van der Waals surface area contributed by atoms with E-state index in [1.807, 2.05) is 28.8 Å². The molecule has 92 valence electrons. The van der Waals surface area contributed by atoms with Crippen LogP contribution in [0.1, 0.15) is 20.3 Å². The smallest absolute Gasteiger partial charge is 0.195 e. The van der Waals surface area contributed by atoms with Crippen LogP contribution in [0.15, 0.2) is 29.6 Å². The molecule has 2 unspecified atom stereocenters. The first-order chi connectivity index (χ1) is 8.22. The molecule has 2 aromatic rings. The van der Waals surface area contributed by atoms with Crippen LogP contribution in [0.2, 0.25) is 0 Å². The Morgan fingerprint density at radius 1 is 1.41 bits per heavy atom. The van der Waals surface area contributed by atoms with E-state index in [4.69, 9.17) is 5.73 Å². The monoisotopic (exact) mass is 250 g/mol. The molecule has 0 fully saturated rings. The van der Waals surface area contributed by atoms with Crippen molar-refractivity contribution in [3.05, 3.63) is 24.4 Å². The maximum atomic E-state index is 6.11. The molecule has 0 amide bonds. The number of rotatable bonds is 5. The zero-order chi connectivity index (χ0) is 12.3. The second-order valence-corrected chi connectivity index (χ2v) is 5.26. The van der Waals surface area contributed by atoms with E-state index in [0.717, 1.165) is 23.0 Å². The number of hydrogen-bond acceptors (Lipinski definition) is 4. The van der Waals surface area contributed by atoms with Crippen LogP contribution < -0.4 is 5.73 Å². The van der Waals surface area contributed by atoms with E-state index < -0.39 is 0 Å². The predicted molar refractivity (Wildman–Crippen MR) is 71.1 cm³/mol. The first-order valence-corrected chi connectivity index (χ1v) is 6.89. The third-order valence-corrected chi connectivity index (χ3v) is 4.15. The topological polar surface area (TPSA) is 56.2 Å². The Balaban J connectivity index is 2.04. The van der Waals surface area contributed by atoms with Gasteiger partial charge in [0.2, 0.25) is 0 Å². The van der Waals surface area contributed by atoms with Crippen molar-refractivity contribution in [3.8, 4) is 0 Å². The fourth-order valence-electron chi connectivity index (χ4n) is 1.56. The highest BCUT2D eigenvalue weighted by Crippen LogP contribution is 2.19. The molecule has 0 aliphatic carbocycles.